The summed E-state index contributed by atoms with van der Waals surface area (Å²) in [4.78, 5) is 9.74. The van der Waals surface area contributed by atoms with E-state index in [4.69, 9.17) is 15.7 Å². The Balaban J connectivity index is 1.88. The molecule has 3 heteroatoms. The van der Waals surface area contributed by atoms with Gasteiger partial charge in [0.1, 0.15) is 0 Å². The van der Waals surface area contributed by atoms with Gasteiger partial charge in [0.25, 0.3) is 0 Å². The Morgan fingerprint density at radius 3 is 2.37 bits per heavy atom. The van der Waals surface area contributed by atoms with Crippen LogP contribution in [-0.2, 0) is 0 Å². The lowest BCUT2D eigenvalue weighted by Gasteiger charge is -2.11. The number of aryl methyl sites for hydroxylation is 1. The van der Waals surface area contributed by atoms with Gasteiger partial charge >= 0.3 is 0 Å². The van der Waals surface area contributed by atoms with Gasteiger partial charge in [-0.25, -0.2) is 9.97 Å². The molecule has 2 N–H and O–H groups in total. The summed E-state index contributed by atoms with van der Waals surface area (Å²) in [6.07, 6.45) is 11.1. The van der Waals surface area contributed by atoms with Gasteiger partial charge in [0.05, 0.1) is 11.4 Å². The zero-order chi connectivity index (χ0) is 18.6. The summed E-state index contributed by atoms with van der Waals surface area (Å²) in [6.45, 7) is 2.09. The molecule has 3 aromatic rings. The third-order valence-corrected chi connectivity index (χ3v) is 4.53. The highest BCUT2D eigenvalue weighted by Crippen LogP contribution is 2.28. The van der Waals surface area contributed by atoms with Crippen LogP contribution >= 0.6 is 0 Å². The molecule has 0 saturated carbocycles. The summed E-state index contributed by atoms with van der Waals surface area (Å²) in [5, 5.41) is 0. The van der Waals surface area contributed by atoms with Crippen LogP contribution < -0.4 is 5.73 Å². The van der Waals surface area contributed by atoms with Crippen molar-refractivity contribution in [3.63, 3.8) is 0 Å². The number of anilines is 1. The van der Waals surface area contributed by atoms with Crippen molar-refractivity contribution < 1.29 is 0 Å². The van der Waals surface area contributed by atoms with Crippen molar-refractivity contribution in [2.24, 2.45) is 0 Å². The molecule has 1 aromatic heterocycles. The predicted octanol–water partition coefficient (Wildman–Crippen LogP) is 5.60. The third-order valence-electron chi connectivity index (χ3n) is 4.53. The highest BCUT2D eigenvalue weighted by atomic mass is 14.9. The van der Waals surface area contributed by atoms with Gasteiger partial charge in [0, 0.05) is 22.4 Å². The van der Waals surface area contributed by atoms with E-state index in [9.17, 15) is 0 Å². The van der Waals surface area contributed by atoms with Crippen LogP contribution in [0.25, 0.3) is 28.1 Å². The van der Waals surface area contributed by atoms with Gasteiger partial charge in [-0.15, -0.1) is 0 Å². The maximum absolute atomic E-state index is 5.85. The SMILES string of the molecule is Cc1cccc(-c2cc(-c3ccc(N)cc3)nc(C3=CC=CC=CC3)n2)c1. The molecule has 0 saturated heterocycles. The van der Waals surface area contributed by atoms with Gasteiger partial charge in [0.2, 0.25) is 0 Å². The second-order valence-corrected chi connectivity index (χ2v) is 6.66. The Morgan fingerprint density at radius 1 is 0.815 bits per heavy atom. The smallest absolute Gasteiger partial charge is 0.156 e. The van der Waals surface area contributed by atoms with Crippen LogP contribution in [0.5, 0.6) is 0 Å². The number of allylic oxidation sites excluding steroid dienone is 6. The fourth-order valence-corrected chi connectivity index (χ4v) is 3.09. The van der Waals surface area contributed by atoms with Crippen molar-refractivity contribution in [2.45, 2.75) is 13.3 Å². The Hall–Kier alpha value is -3.46. The first-order valence-electron chi connectivity index (χ1n) is 9.04. The van der Waals surface area contributed by atoms with Crippen LogP contribution in [0.15, 0.2) is 85.0 Å². The van der Waals surface area contributed by atoms with Crippen molar-refractivity contribution in [3.05, 3.63) is 96.4 Å². The van der Waals surface area contributed by atoms with E-state index in [1.807, 2.05) is 42.5 Å². The van der Waals surface area contributed by atoms with Crippen molar-refractivity contribution in [1.82, 2.24) is 9.97 Å². The van der Waals surface area contributed by atoms with Crippen LogP contribution in [0.1, 0.15) is 17.8 Å². The minimum atomic E-state index is 0.744. The van der Waals surface area contributed by atoms with Crippen molar-refractivity contribution in [1.29, 1.82) is 0 Å². The highest BCUT2D eigenvalue weighted by molar-refractivity contribution is 5.73. The Labute approximate surface area is 159 Å². The average Bonchev–Trinajstić information content (AvgIpc) is 2.98. The molecule has 27 heavy (non-hydrogen) atoms. The van der Waals surface area contributed by atoms with Gasteiger partial charge < -0.3 is 5.73 Å². The zero-order valence-electron chi connectivity index (χ0n) is 15.3. The number of nitrogens with zero attached hydrogens (tertiary/aromatic N) is 2. The van der Waals surface area contributed by atoms with Crippen LogP contribution in [0.3, 0.4) is 0 Å². The maximum Gasteiger partial charge on any atom is 0.156 e. The largest absolute Gasteiger partial charge is 0.399 e. The lowest BCUT2D eigenvalue weighted by atomic mass is 10.0. The number of rotatable bonds is 3. The van der Waals surface area contributed by atoms with E-state index < -0.39 is 0 Å². The van der Waals surface area contributed by atoms with E-state index in [-0.39, 0.29) is 0 Å². The fourth-order valence-electron chi connectivity index (χ4n) is 3.09. The van der Waals surface area contributed by atoms with Gasteiger partial charge in [0.15, 0.2) is 5.82 Å². The molecular formula is C24H21N3. The van der Waals surface area contributed by atoms with E-state index >= 15 is 0 Å². The Morgan fingerprint density at radius 2 is 1.59 bits per heavy atom. The summed E-state index contributed by atoms with van der Waals surface area (Å²) in [5.41, 5.74) is 12.9. The summed E-state index contributed by atoms with van der Waals surface area (Å²) in [7, 11) is 0. The van der Waals surface area contributed by atoms with E-state index in [1.165, 1.54) is 5.56 Å². The molecule has 0 radical (unpaired) electrons. The van der Waals surface area contributed by atoms with Crippen LogP contribution in [0, 0.1) is 6.92 Å². The molecule has 1 aliphatic rings. The second-order valence-electron chi connectivity index (χ2n) is 6.66. The summed E-state index contributed by atoms with van der Waals surface area (Å²) < 4.78 is 0. The number of aromatic nitrogens is 2. The number of hydrogen-bond donors (Lipinski definition) is 1. The third kappa shape index (κ3) is 3.87. The normalized spacial score (nSPS) is 13.3. The first-order chi connectivity index (χ1) is 13.2. The Bertz CT molecular complexity index is 1060. The molecule has 0 bridgehead atoms. The number of nitrogen functional groups attached to an aromatic ring is 1. The second kappa shape index (κ2) is 7.42. The average molecular weight is 351 g/mol. The molecule has 2 aromatic carbocycles. The van der Waals surface area contributed by atoms with Crippen molar-refractivity contribution >= 4 is 11.3 Å². The molecular weight excluding hydrogens is 330 g/mol. The van der Waals surface area contributed by atoms with Crippen LogP contribution in [-0.4, -0.2) is 9.97 Å². The lowest BCUT2D eigenvalue weighted by molar-refractivity contribution is 1.11. The van der Waals surface area contributed by atoms with E-state index in [0.717, 1.165) is 46.0 Å². The molecule has 0 spiro atoms. The molecule has 0 fully saturated rings. The number of benzene rings is 2. The van der Waals surface area contributed by atoms with Gasteiger partial charge in [-0.1, -0.05) is 66.3 Å². The first kappa shape index (κ1) is 17.0. The monoisotopic (exact) mass is 351 g/mol. The van der Waals surface area contributed by atoms with Crippen molar-refractivity contribution in [3.8, 4) is 22.5 Å². The van der Waals surface area contributed by atoms with E-state index in [2.05, 4.69) is 49.4 Å². The molecule has 0 aliphatic heterocycles. The van der Waals surface area contributed by atoms with Crippen LogP contribution in [0.4, 0.5) is 5.69 Å². The standard InChI is InChI=1S/C24H21N3/c1-17-7-6-10-20(15-17)23-16-22(18-11-13-21(25)14-12-18)26-24(27-23)19-8-4-2-3-5-9-19/h2-8,10-16H,9,25H2,1H3. The van der Waals surface area contributed by atoms with Gasteiger partial charge in [-0.3, -0.25) is 0 Å². The molecule has 0 unspecified atom stereocenters. The number of hydrogen-bond acceptors (Lipinski definition) is 3. The first-order valence-corrected chi connectivity index (χ1v) is 9.04. The number of nitrogens with two attached hydrogens (primary N) is 1. The topological polar surface area (TPSA) is 51.8 Å². The molecule has 1 heterocycles. The quantitative estimate of drug-likeness (QED) is 0.625. The lowest BCUT2D eigenvalue weighted by Crippen LogP contribution is -1.99. The minimum absolute atomic E-state index is 0.744. The molecule has 1 aliphatic carbocycles. The van der Waals surface area contributed by atoms with Crippen molar-refractivity contribution in [2.75, 3.05) is 5.73 Å². The highest BCUT2D eigenvalue weighted by Gasteiger charge is 2.12. The molecule has 0 amide bonds. The maximum atomic E-state index is 5.85. The van der Waals surface area contributed by atoms with Crippen LogP contribution in [0.2, 0.25) is 0 Å². The van der Waals surface area contributed by atoms with Gasteiger partial charge in [-0.05, 0) is 37.6 Å². The van der Waals surface area contributed by atoms with Gasteiger partial charge in [-0.2, -0.15) is 0 Å². The molecule has 132 valence electrons. The Kier molecular flexibility index (Phi) is 4.67. The predicted molar refractivity (Wildman–Crippen MR) is 113 cm³/mol. The fraction of sp³-hybridized carbons (Fsp3) is 0.0833. The molecule has 3 nitrogen and oxygen atoms in total. The zero-order valence-corrected chi connectivity index (χ0v) is 15.3. The van der Waals surface area contributed by atoms with E-state index in [1.54, 1.807) is 0 Å². The molecule has 0 atom stereocenters. The summed E-state index contributed by atoms with van der Waals surface area (Å²) >= 11 is 0. The minimum Gasteiger partial charge on any atom is -0.399 e. The molecule has 4 rings (SSSR count). The summed E-state index contributed by atoms with van der Waals surface area (Å²) in [5.74, 6) is 0.761. The van der Waals surface area contributed by atoms with E-state index in [0.29, 0.717) is 0 Å². The summed E-state index contributed by atoms with van der Waals surface area (Å²) in [6, 6.07) is 18.3.